The highest BCUT2D eigenvalue weighted by molar-refractivity contribution is 14.0. The van der Waals surface area contributed by atoms with Crippen LogP contribution < -0.4 is 16.0 Å². The van der Waals surface area contributed by atoms with E-state index in [0.29, 0.717) is 23.7 Å². The molecule has 0 spiro atoms. The van der Waals surface area contributed by atoms with E-state index >= 15 is 0 Å². The lowest BCUT2D eigenvalue weighted by Gasteiger charge is -2.35. The molecule has 1 aromatic rings. The van der Waals surface area contributed by atoms with Gasteiger partial charge in [-0.1, -0.05) is 30.9 Å². The Morgan fingerprint density at radius 3 is 2.38 bits per heavy atom. The van der Waals surface area contributed by atoms with Crippen LogP contribution in [0.3, 0.4) is 0 Å². The van der Waals surface area contributed by atoms with Crippen molar-refractivity contribution in [3.8, 4) is 0 Å². The van der Waals surface area contributed by atoms with Gasteiger partial charge in [-0.05, 0) is 55.9 Å². The van der Waals surface area contributed by atoms with E-state index in [0.717, 1.165) is 38.3 Å². The molecule has 1 fully saturated rings. The average Bonchev–Trinajstić information content (AvgIpc) is 2.70. The van der Waals surface area contributed by atoms with Crippen molar-refractivity contribution in [2.24, 2.45) is 10.4 Å². The molecule has 2 rings (SSSR count). The first-order chi connectivity index (χ1) is 13.6. The van der Waals surface area contributed by atoms with Gasteiger partial charge in [-0.2, -0.15) is 0 Å². The maximum Gasteiger partial charge on any atom is 0.251 e. The highest BCUT2D eigenvalue weighted by Gasteiger charge is 2.31. The van der Waals surface area contributed by atoms with Crippen molar-refractivity contribution in [1.82, 2.24) is 16.0 Å². The Kier molecular flexibility index (Phi) is 12.6. The van der Waals surface area contributed by atoms with Crippen LogP contribution in [0.5, 0.6) is 0 Å². The number of guanidine groups is 1. The Hall–Kier alpha value is -1.06. The highest BCUT2D eigenvalue weighted by atomic mass is 127. The van der Waals surface area contributed by atoms with Gasteiger partial charge in [0.15, 0.2) is 5.96 Å². The lowest BCUT2D eigenvalue weighted by Crippen LogP contribution is -2.42. The molecular formula is C21H34ClIN4O2. The molecule has 0 aromatic heterocycles. The minimum Gasteiger partial charge on any atom is -0.396 e. The molecule has 6 nitrogen and oxygen atoms in total. The number of rotatable bonds is 9. The number of benzene rings is 1. The second kappa shape index (κ2) is 14.0. The molecular weight excluding hydrogens is 503 g/mol. The van der Waals surface area contributed by atoms with Gasteiger partial charge in [-0.25, -0.2) is 0 Å². The van der Waals surface area contributed by atoms with E-state index in [9.17, 15) is 9.90 Å². The molecule has 0 atom stereocenters. The van der Waals surface area contributed by atoms with E-state index in [1.807, 2.05) is 6.92 Å². The summed E-state index contributed by atoms with van der Waals surface area (Å²) in [5, 5.41) is 19.5. The van der Waals surface area contributed by atoms with Crippen LogP contribution in [0.25, 0.3) is 0 Å². The molecule has 0 radical (unpaired) electrons. The molecule has 0 unspecified atom stereocenters. The van der Waals surface area contributed by atoms with Crippen LogP contribution in [0.1, 0.15) is 55.8 Å². The van der Waals surface area contributed by atoms with Crippen molar-refractivity contribution in [3.05, 3.63) is 34.9 Å². The van der Waals surface area contributed by atoms with Gasteiger partial charge in [0.25, 0.3) is 5.91 Å². The molecule has 8 heteroatoms. The second-order valence-electron chi connectivity index (χ2n) is 7.42. The molecule has 1 amide bonds. The molecule has 164 valence electrons. The predicted octanol–water partition coefficient (Wildman–Crippen LogP) is 3.58. The molecule has 0 bridgehead atoms. The third-order valence-corrected chi connectivity index (χ3v) is 5.53. The van der Waals surface area contributed by atoms with Crippen molar-refractivity contribution in [3.63, 3.8) is 0 Å². The van der Waals surface area contributed by atoms with E-state index in [-0.39, 0.29) is 41.9 Å². The van der Waals surface area contributed by atoms with Crippen molar-refractivity contribution in [1.29, 1.82) is 0 Å². The normalized spacial score (nSPS) is 15.9. The van der Waals surface area contributed by atoms with Gasteiger partial charge < -0.3 is 21.1 Å². The van der Waals surface area contributed by atoms with Crippen LogP contribution in [0.2, 0.25) is 5.02 Å². The number of carbonyl (C=O) groups is 1. The summed E-state index contributed by atoms with van der Waals surface area (Å²) < 4.78 is 0. The predicted molar refractivity (Wildman–Crippen MR) is 130 cm³/mol. The van der Waals surface area contributed by atoms with Gasteiger partial charge in [-0.3, -0.25) is 9.79 Å². The minimum atomic E-state index is -0.121. The Balaban J connectivity index is 0.00000420. The summed E-state index contributed by atoms with van der Waals surface area (Å²) in [7, 11) is 0. The molecule has 0 saturated heterocycles. The molecule has 1 saturated carbocycles. The Labute approximate surface area is 196 Å². The fourth-order valence-electron chi connectivity index (χ4n) is 3.67. The lowest BCUT2D eigenvalue weighted by molar-refractivity contribution is 0.0954. The number of nitrogens with one attached hydrogen (secondary N) is 3. The maximum atomic E-state index is 12.1. The standard InChI is InChI=1S/C21H33ClN4O2.HI/c1-2-23-20(26-16-21(12-15-27)10-4-3-5-11-21)25-14-13-24-19(28)17-6-8-18(22)9-7-17;/h6-9,27H,2-5,10-16H2,1H3,(H,24,28)(H2,23,25,26);1H. The fraction of sp³-hybridized carbons (Fsp3) is 0.619. The number of nitrogens with zero attached hydrogens (tertiary/aromatic N) is 1. The fourth-order valence-corrected chi connectivity index (χ4v) is 3.80. The average molecular weight is 537 g/mol. The summed E-state index contributed by atoms with van der Waals surface area (Å²) >= 11 is 5.85. The van der Waals surface area contributed by atoms with Crippen LogP contribution in [-0.4, -0.2) is 49.8 Å². The quantitative estimate of drug-likeness (QED) is 0.168. The first-order valence-electron chi connectivity index (χ1n) is 10.3. The molecule has 1 aliphatic rings. The van der Waals surface area contributed by atoms with E-state index in [4.69, 9.17) is 16.6 Å². The van der Waals surface area contributed by atoms with Gasteiger partial charge in [-0.15, -0.1) is 24.0 Å². The molecule has 0 heterocycles. The maximum absolute atomic E-state index is 12.1. The topological polar surface area (TPSA) is 85.8 Å². The first kappa shape index (κ1) is 26.0. The highest BCUT2D eigenvalue weighted by Crippen LogP contribution is 2.39. The van der Waals surface area contributed by atoms with E-state index in [1.54, 1.807) is 24.3 Å². The Morgan fingerprint density at radius 1 is 1.10 bits per heavy atom. The third-order valence-electron chi connectivity index (χ3n) is 5.28. The van der Waals surface area contributed by atoms with E-state index in [1.165, 1.54) is 19.3 Å². The van der Waals surface area contributed by atoms with Crippen molar-refractivity contribution in [2.75, 3.05) is 32.8 Å². The van der Waals surface area contributed by atoms with Gasteiger partial charge in [0.1, 0.15) is 0 Å². The van der Waals surface area contributed by atoms with E-state index in [2.05, 4.69) is 16.0 Å². The summed E-state index contributed by atoms with van der Waals surface area (Å²) in [4.78, 5) is 16.9. The summed E-state index contributed by atoms with van der Waals surface area (Å²) in [5.41, 5.74) is 0.714. The molecule has 4 N–H and O–H groups in total. The number of carbonyl (C=O) groups excluding carboxylic acids is 1. The Bertz CT molecular complexity index is 629. The number of hydrogen-bond acceptors (Lipinski definition) is 3. The zero-order valence-corrected chi connectivity index (χ0v) is 20.3. The molecule has 29 heavy (non-hydrogen) atoms. The zero-order chi connectivity index (χ0) is 20.2. The van der Waals surface area contributed by atoms with Crippen LogP contribution in [0.4, 0.5) is 0 Å². The smallest absolute Gasteiger partial charge is 0.251 e. The number of hydrogen-bond donors (Lipinski definition) is 4. The monoisotopic (exact) mass is 536 g/mol. The minimum absolute atomic E-state index is 0. The zero-order valence-electron chi connectivity index (χ0n) is 17.2. The van der Waals surface area contributed by atoms with Gasteiger partial charge in [0, 0.05) is 43.4 Å². The third kappa shape index (κ3) is 9.09. The van der Waals surface area contributed by atoms with Crippen LogP contribution in [0.15, 0.2) is 29.3 Å². The Morgan fingerprint density at radius 2 is 1.76 bits per heavy atom. The van der Waals surface area contributed by atoms with Crippen LogP contribution >= 0.6 is 35.6 Å². The van der Waals surface area contributed by atoms with Crippen LogP contribution in [-0.2, 0) is 0 Å². The van der Waals surface area contributed by atoms with Gasteiger partial charge >= 0.3 is 0 Å². The summed E-state index contributed by atoms with van der Waals surface area (Å²) in [5.74, 6) is 0.635. The molecule has 0 aliphatic heterocycles. The molecule has 1 aromatic carbocycles. The summed E-state index contributed by atoms with van der Waals surface area (Å²) in [6.07, 6.45) is 6.79. The number of aliphatic hydroxyl groups excluding tert-OH is 1. The largest absolute Gasteiger partial charge is 0.396 e. The number of aliphatic hydroxyl groups is 1. The van der Waals surface area contributed by atoms with Gasteiger partial charge in [0.2, 0.25) is 0 Å². The van der Waals surface area contributed by atoms with Crippen molar-refractivity contribution >= 4 is 47.4 Å². The van der Waals surface area contributed by atoms with Crippen molar-refractivity contribution < 1.29 is 9.90 Å². The van der Waals surface area contributed by atoms with Crippen LogP contribution in [0, 0.1) is 5.41 Å². The number of aliphatic imine (C=N–C) groups is 1. The summed E-state index contributed by atoms with van der Waals surface area (Å²) in [6.45, 7) is 4.82. The van der Waals surface area contributed by atoms with Crippen molar-refractivity contribution in [2.45, 2.75) is 45.4 Å². The SMILES string of the molecule is CCNC(=NCC1(CCO)CCCCC1)NCCNC(=O)c1ccc(Cl)cc1.I. The number of amides is 1. The first-order valence-corrected chi connectivity index (χ1v) is 10.6. The number of halogens is 2. The lowest BCUT2D eigenvalue weighted by atomic mass is 9.72. The summed E-state index contributed by atoms with van der Waals surface area (Å²) in [6, 6.07) is 6.83. The molecule has 1 aliphatic carbocycles. The second-order valence-corrected chi connectivity index (χ2v) is 7.86. The van der Waals surface area contributed by atoms with E-state index < -0.39 is 0 Å². The van der Waals surface area contributed by atoms with Gasteiger partial charge in [0.05, 0.1) is 0 Å².